The molecule has 0 aromatic carbocycles. The fourth-order valence-corrected chi connectivity index (χ4v) is 2.63. The lowest BCUT2D eigenvalue weighted by Gasteiger charge is -2.25. The van der Waals surface area contributed by atoms with E-state index in [4.69, 9.17) is 42.6 Å². The van der Waals surface area contributed by atoms with Crippen molar-refractivity contribution in [2.75, 3.05) is 87.9 Å². The van der Waals surface area contributed by atoms with Crippen molar-refractivity contribution in [1.29, 1.82) is 0 Å². The first-order chi connectivity index (χ1) is 14.2. The summed E-state index contributed by atoms with van der Waals surface area (Å²) < 4.78 is 49.3. The van der Waals surface area contributed by atoms with Gasteiger partial charge >= 0.3 is 0 Å². The quantitative estimate of drug-likeness (QED) is 0.285. The smallest absolute Gasteiger partial charge is 0.157 e. The maximum atomic E-state index is 5.75. The van der Waals surface area contributed by atoms with Crippen LogP contribution in [-0.2, 0) is 42.6 Å². The van der Waals surface area contributed by atoms with Gasteiger partial charge in [0.1, 0.15) is 18.3 Å². The lowest BCUT2D eigenvalue weighted by atomic mass is 10.2. The van der Waals surface area contributed by atoms with Crippen LogP contribution in [0.3, 0.4) is 0 Å². The second kappa shape index (κ2) is 18.4. The van der Waals surface area contributed by atoms with Crippen LogP contribution >= 0.6 is 0 Å². The zero-order chi connectivity index (χ0) is 21.2. The summed E-state index contributed by atoms with van der Waals surface area (Å²) in [6.07, 6.45) is 2.57. The molecule has 0 N–H and O–H groups in total. The molecular formula is C20H40O9. The molecule has 1 saturated heterocycles. The van der Waals surface area contributed by atoms with E-state index in [0.29, 0.717) is 52.9 Å². The first-order valence-electron chi connectivity index (χ1n) is 10.3. The van der Waals surface area contributed by atoms with Crippen molar-refractivity contribution in [2.24, 2.45) is 0 Å². The van der Waals surface area contributed by atoms with E-state index in [9.17, 15) is 0 Å². The average molecular weight is 425 g/mol. The lowest BCUT2D eigenvalue weighted by Crippen LogP contribution is -2.33. The normalized spacial score (nSPS) is 20.5. The molecule has 1 rings (SSSR count). The third kappa shape index (κ3) is 13.5. The summed E-state index contributed by atoms with van der Waals surface area (Å²) in [6, 6.07) is 0. The molecular weight excluding hydrogens is 384 g/mol. The molecule has 0 saturated carbocycles. The first kappa shape index (κ1) is 26.7. The van der Waals surface area contributed by atoms with Gasteiger partial charge in [0.25, 0.3) is 0 Å². The highest BCUT2D eigenvalue weighted by Gasteiger charge is 2.18. The van der Waals surface area contributed by atoms with Gasteiger partial charge in [-0.3, -0.25) is 0 Å². The molecule has 29 heavy (non-hydrogen) atoms. The molecule has 0 aliphatic carbocycles. The van der Waals surface area contributed by atoms with Crippen LogP contribution in [0.25, 0.3) is 0 Å². The standard InChI is InChI=1S/C20H40O9/c1-21-9-10-25-11-17(22-2)12-26-13-18(23-3)14-27-15-19(24-4)16-29-20-7-5-6-8-28-20/h17-20H,5-16H2,1-4H3. The van der Waals surface area contributed by atoms with E-state index in [-0.39, 0.29) is 24.6 Å². The van der Waals surface area contributed by atoms with Gasteiger partial charge in [-0.1, -0.05) is 0 Å². The van der Waals surface area contributed by atoms with Crippen molar-refractivity contribution in [3.8, 4) is 0 Å². The van der Waals surface area contributed by atoms with Crippen molar-refractivity contribution in [3.05, 3.63) is 0 Å². The molecule has 0 amide bonds. The van der Waals surface area contributed by atoms with Gasteiger partial charge in [-0.05, 0) is 19.3 Å². The Kier molecular flexibility index (Phi) is 16.9. The Bertz CT molecular complexity index is 353. The van der Waals surface area contributed by atoms with Crippen LogP contribution < -0.4 is 0 Å². The highest BCUT2D eigenvalue weighted by atomic mass is 16.7. The Labute approximate surface area is 175 Å². The van der Waals surface area contributed by atoms with Crippen LogP contribution in [0.4, 0.5) is 0 Å². The number of hydrogen-bond acceptors (Lipinski definition) is 9. The van der Waals surface area contributed by atoms with Crippen LogP contribution in [0.2, 0.25) is 0 Å². The molecule has 0 spiro atoms. The van der Waals surface area contributed by atoms with Gasteiger partial charge in [-0.2, -0.15) is 0 Å². The third-order valence-electron chi connectivity index (χ3n) is 4.56. The van der Waals surface area contributed by atoms with Gasteiger partial charge in [0.05, 0.1) is 52.9 Å². The number of hydrogen-bond donors (Lipinski definition) is 0. The minimum absolute atomic E-state index is 0.131. The van der Waals surface area contributed by atoms with Gasteiger partial charge in [0, 0.05) is 35.0 Å². The SMILES string of the molecule is COCCOCC(COCC(COCC(COC1CCCCO1)OC)OC)OC. The Balaban J connectivity index is 2.13. The molecule has 1 fully saturated rings. The molecule has 0 aromatic rings. The third-order valence-corrected chi connectivity index (χ3v) is 4.56. The van der Waals surface area contributed by atoms with Crippen LogP contribution in [-0.4, -0.2) is 113 Å². The number of ether oxygens (including phenoxy) is 9. The second-order valence-electron chi connectivity index (χ2n) is 6.85. The monoisotopic (exact) mass is 424 g/mol. The summed E-state index contributed by atoms with van der Waals surface area (Å²) in [7, 11) is 6.56. The molecule has 0 radical (unpaired) electrons. The minimum atomic E-state index is -0.179. The molecule has 4 unspecified atom stereocenters. The molecule has 1 heterocycles. The molecule has 9 heteroatoms. The molecule has 1 aliphatic heterocycles. The van der Waals surface area contributed by atoms with E-state index in [1.54, 1.807) is 28.4 Å². The Morgan fingerprint density at radius 2 is 1.24 bits per heavy atom. The highest BCUT2D eigenvalue weighted by molar-refractivity contribution is 4.62. The maximum absolute atomic E-state index is 5.75. The molecule has 174 valence electrons. The number of rotatable bonds is 19. The topological polar surface area (TPSA) is 83.1 Å². The fourth-order valence-electron chi connectivity index (χ4n) is 2.63. The summed E-state index contributed by atoms with van der Waals surface area (Å²) in [4.78, 5) is 0. The number of methoxy groups -OCH3 is 4. The van der Waals surface area contributed by atoms with Crippen molar-refractivity contribution in [2.45, 2.75) is 43.9 Å². The zero-order valence-corrected chi connectivity index (χ0v) is 18.5. The second-order valence-corrected chi connectivity index (χ2v) is 6.85. The predicted octanol–water partition coefficient (Wildman–Crippen LogP) is 1.27. The van der Waals surface area contributed by atoms with Gasteiger partial charge in [-0.15, -0.1) is 0 Å². The van der Waals surface area contributed by atoms with E-state index >= 15 is 0 Å². The van der Waals surface area contributed by atoms with Gasteiger partial charge in [0.15, 0.2) is 6.29 Å². The van der Waals surface area contributed by atoms with E-state index in [0.717, 1.165) is 25.9 Å². The summed E-state index contributed by atoms with van der Waals surface area (Å²) in [6.45, 7) is 4.37. The van der Waals surface area contributed by atoms with E-state index < -0.39 is 0 Å². The van der Waals surface area contributed by atoms with Crippen LogP contribution in [0.1, 0.15) is 19.3 Å². The van der Waals surface area contributed by atoms with Crippen molar-refractivity contribution in [3.63, 3.8) is 0 Å². The molecule has 9 nitrogen and oxygen atoms in total. The fraction of sp³-hybridized carbons (Fsp3) is 1.00. The first-order valence-corrected chi connectivity index (χ1v) is 10.3. The summed E-state index contributed by atoms with van der Waals surface area (Å²) >= 11 is 0. The average Bonchev–Trinajstić information content (AvgIpc) is 2.77. The van der Waals surface area contributed by atoms with Crippen LogP contribution in [0.5, 0.6) is 0 Å². The van der Waals surface area contributed by atoms with Crippen LogP contribution in [0.15, 0.2) is 0 Å². The van der Waals surface area contributed by atoms with E-state index in [1.807, 2.05) is 0 Å². The Hall–Kier alpha value is -0.360. The van der Waals surface area contributed by atoms with E-state index in [2.05, 4.69) is 0 Å². The summed E-state index contributed by atoms with van der Waals surface area (Å²) in [5.74, 6) is 0. The Morgan fingerprint density at radius 3 is 1.72 bits per heavy atom. The lowest BCUT2D eigenvalue weighted by molar-refractivity contribution is -0.183. The molecule has 1 aliphatic rings. The summed E-state index contributed by atoms with van der Waals surface area (Å²) in [5.41, 5.74) is 0. The van der Waals surface area contributed by atoms with Gasteiger partial charge < -0.3 is 42.6 Å². The largest absolute Gasteiger partial charge is 0.382 e. The highest BCUT2D eigenvalue weighted by Crippen LogP contribution is 2.14. The molecule has 4 atom stereocenters. The van der Waals surface area contributed by atoms with Gasteiger partial charge in [-0.25, -0.2) is 0 Å². The van der Waals surface area contributed by atoms with Gasteiger partial charge in [0.2, 0.25) is 0 Å². The van der Waals surface area contributed by atoms with Crippen molar-refractivity contribution in [1.82, 2.24) is 0 Å². The minimum Gasteiger partial charge on any atom is -0.382 e. The Morgan fingerprint density at radius 1 is 0.690 bits per heavy atom. The van der Waals surface area contributed by atoms with Crippen molar-refractivity contribution >= 4 is 0 Å². The maximum Gasteiger partial charge on any atom is 0.157 e. The van der Waals surface area contributed by atoms with E-state index in [1.165, 1.54) is 0 Å². The van der Waals surface area contributed by atoms with Crippen molar-refractivity contribution < 1.29 is 42.6 Å². The molecule has 0 aromatic heterocycles. The molecule has 0 bridgehead atoms. The predicted molar refractivity (Wildman–Crippen MR) is 106 cm³/mol. The zero-order valence-electron chi connectivity index (χ0n) is 18.5. The summed E-state index contributed by atoms with van der Waals surface area (Å²) in [5, 5.41) is 0. The van der Waals surface area contributed by atoms with Crippen LogP contribution in [0, 0.1) is 0 Å².